The van der Waals surface area contributed by atoms with Gasteiger partial charge in [0.05, 0.1) is 0 Å². The minimum atomic E-state index is 0.226. The van der Waals surface area contributed by atoms with Crippen LogP contribution in [0.3, 0.4) is 0 Å². The first kappa shape index (κ1) is 14.1. The van der Waals surface area contributed by atoms with E-state index in [2.05, 4.69) is 24.0 Å². The summed E-state index contributed by atoms with van der Waals surface area (Å²) in [7, 11) is 2.09. The maximum atomic E-state index is 5.02. The molecule has 1 aliphatic carbocycles. The second-order valence-electron chi connectivity index (χ2n) is 6.71. The SMILES string of the molecule is CCCC1(c2nc(C3CCCCC3)nn2C)CCNC1. The van der Waals surface area contributed by atoms with E-state index in [1.807, 2.05) is 0 Å². The molecule has 1 saturated heterocycles. The Morgan fingerprint density at radius 2 is 2.10 bits per heavy atom. The minimum absolute atomic E-state index is 0.226. The van der Waals surface area contributed by atoms with Crippen LogP contribution in [0.5, 0.6) is 0 Å². The van der Waals surface area contributed by atoms with E-state index in [1.165, 1.54) is 57.2 Å². The first-order valence-electron chi connectivity index (χ1n) is 8.37. The Labute approximate surface area is 122 Å². The van der Waals surface area contributed by atoms with E-state index in [0.29, 0.717) is 5.92 Å². The van der Waals surface area contributed by atoms with Crippen LogP contribution in [-0.2, 0) is 12.5 Å². The summed E-state index contributed by atoms with van der Waals surface area (Å²) >= 11 is 0. The van der Waals surface area contributed by atoms with Crippen LogP contribution >= 0.6 is 0 Å². The Kier molecular flexibility index (Phi) is 4.11. The van der Waals surface area contributed by atoms with Gasteiger partial charge in [-0.25, -0.2) is 4.98 Å². The Bertz CT molecular complexity index is 439. The van der Waals surface area contributed by atoms with Gasteiger partial charge in [0.25, 0.3) is 0 Å². The lowest BCUT2D eigenvalue weighted by molar-refractivity contribution is 0.384. The number of rotatable bonds is 4. The quantitative estimate of drug-likeness (QED) is 0.919. The summed E-state index contributed by atoms with van der Waals surface area (Å²) in [6.45, 7) is 4.46. The lowest BCUT2D eigenvalue weighted by Crippen LogP contribution is -2.32. The van der Waals surface area contributed by atoms with Gasteiger partial charge in [0.1, 0.15) is 5.82 Å². The van der Waals surface area contributed by atoms with Gasteiger partial charge >= 0.3 is 0 Å². The summed E-state index contributed by atoms with van der Waals surface area (Å²) in [6, 6.07) is 0. The topological polar surface area (TPSA) is 42.7 Å². The third kappa shape index (κ3) is 2.50. The molecule has 20 heavy (non-hydrogen) atoms. The highest BCUT2D eigenvalue weighted by molar-refractivity contribution is 5.15. The van der Waals surface area contributed by atoms with Gasteiger partial charge in [-0.2, -0.15) is 5.10 Å². The summed E-state index contributed by atoms with van der Waals surface area (Å²) in [4.78, 5) is 5.02. The van der Waals surface area contributed by atoms with Crippen molar-refractivity contribution in [1.29, 1.82) is 0 Å². The van der Waals surface area contributed by atoms with Crippen LogP contribution in [-0.4, -0.2) is 27.9 Å². The molecule has 4 heteroatoms. The average Bonchev–Trinajstić information content (AvgIpc) is 3.08. The fraction of sp³-hybridized carbons (Fsp3) is 0.875. The molecular weight excluding hydrogens is 248 g/mol. The number of nitrogens with zero attached hydrogens (tertiary/aromatic N) is 3. The molecule has 1 atom stereocenters. The van der Waals surface area contributed by atoms with Crippen molar-refractivity contribution >= 4 is 0 Å². The van der Waals surface area contributed by atoms with Crippen LogP contribution in [0.15, 0.2) is 0 Å². The third-order valence-electron chi connectivity index (χ3n) is 5.20. The predicted octanol–water partition coefficient (Wildman–Crippen LogP) is 2.89. The molecule has 2 aliphatic rings. The zero-order valence-corrected chi connectivity index (χ0v) is 13.0. The van der Waals surface area contributed by atoms with Crippen molar-refractivity contribution < 1.29 is 0 Å². The molecule has 2 fully saturated rings. The summed E-state index contributed by atoms with van der Waals surface area (Å²) in [5, 5.41) is 8.32. The van der Waals surface area contributed by atoms with E-state index in [1.54, 1.807) is 0 Å². The van der Waals surface area contributed by atoms with Crippen molar-refractivity contribution in [2.75, 3.05) is 13.1 Å². The second kappa shape index (κ2) is 5.84. The zero-order chi connectivity index (χ0) is 14.0. The third-order valence-corrected chi connectivity index (χ3v) is 5.20. The van der Waals surface area contributed by atoms with Gasteiger partial charge < -0.3 is 5.32 Å². The maximum absolute atomic E-state index is 5.02. The predicted molar refractivity (Wildman–Crippen MR) is 80.9 cm³/mol. The van der Waals surface area contributed by atoms with Crippen LogP contribution in [0.2, 0.25) is 0 Å². The van der Waals surface area contributed by atoms with Gasteiger partial charge in [-0.3, -0.25) is 4.68 Å². The molecule has 0 aromatic carbocycles. The van der Waals surface area contributed by atoms with Crippen LogP contribution in [0, 0.1) is 0 Å². The van der Waals surface area contributed by atoms with E-state index in [0.717, 1.165) is 18.9 Å². The Morgan fingerprint density at radius 3 is 2.75 bits per heavy atom. The van der Waals surface area contributed by atoms with Crippen molar-refractivity contribution in [2.45, 2.75) is 69.6 Å². The molecular formula is C16H28N4. The minimum Gasteiger partial charge on any atom is -0.316 e. The molecule has 1 aromatic rings. The van der Waals surface area contributed by atoms with E-state index in [9.17, 15) is 0 Å². The molecule has 0 bridgehead atoms. The molecule has 0 spiro atoms. The normalized spacial score (nSPS) is 28.1. The monoisotopic (exact) mass is 276 g/mol. The van der Waals surface area contributed by atoms with Crippen LogP contribution in [0.1, 0.15) is 75.9 Å². The lowest BCUT2D eigenvalue weighted by atomic mass is 9.81. The fourth-order valence-corrected chi connectivity index (χ4v) is 4.14. The van der Waals surface area contributed by atoms with Gasteiger partial charge in [-0.05, 0) is 32.2 Å². The number of aryl methyl sites for hydroxylation is 1. The van der Waals surface area contributed by atoms with Crippen molar-refractivity contribution in [1.82, 2.24) is 20.1 Å². The maximum Gasteiger partial charge on any atom is 0.154 e. The molecule has 1 aromatic heterocycles. The molecule has 1 N–H and O–H groups in total. The second-order valence-corrected chi connectivity index (χ2v) is 6.71. The number of hydrogen-bond acceptors (Lipinski definition) is 3. The summed E-state index contributed by atoms with van der Waals surface area (Å²) < 4.78 is 2.08. The van der Waals surface area contributed by atoms with Crippen LogP contribution < -0.4 is 5.32 Å². The van der Waals surface area contributed by atoms with E-state index < -0.39 is 0 Å². The first-order chi connectivity index (χ1) is 9.75. The van der Waals surface area contributed by atoms with Gasteiger partial charge in [0, 0.05) is 24.9 Å². The zero-order valence-electron chi connectivity index (χ0n) is 13.0. The summed E-state index contributed by atoms with van der Waals surface area (Å²) in [5.74, 6) is 2.95. The molecule has 2 heterocycles. The molecule has 0 amide bonds. The Morgan fingerprint density at radius 1 is 1.30 bits per heavy atom. The lowest BCUT2D eigenvalue weighted by Gasteiger charge is -2.26. The van der Waals surface area contributed by atoms with Crippen molar-refractivity contribution in [3.8, 4) is 0 Å². The largest absolute Gasteiger partial charge is 0.316 e. The average molecular weight is 276 g/mol. The van der Waals surface area contributed by atoms with Gasteiger partial charge in [0.2, 0.25) is 0 Å². The Balaban J connectivity index is 1.87. The first-order valence-corrected chi connectivity index (χ1v) is 8.37. The highest BCUT2D eigenvalue weighted by Gasteiger charge is 2.39. The standard InChI is InChI=1S/C16H28N4/c1-3-9-16(10-11-17-12-16)15-18-14(19-20(15)2)13-7-5-4-6-8-13/h13,17H,3-12H2,1-2H3. The highest BCUT2D eigenvalue weighted by Crippen LogP contribution is 2.36. The van der Waals surface area contributed by atoms with Crippen molar-refractivity contribution in [3.05, 3.63) is 11.6 Å². The highest BCUT2D eigenvalue weighted by atomic mass is 15.3. The molecule has 1 unspecified atom stereocenters. The Hall–Kier alpha value is -0.900. The summed E-state index contributed by atoms with van der Waals surface area (Å²) in [6.07, 6.45) is 10.3. The molecule has 1 aliphatic heterocycles. The molecule has 112 valence electrons. The van der Waals surface area contributed by atoms with E-state index in [4.69, 9.17) is 10.1 Å². The van der Waals surface area contributed by atoms with Crippen molar-refractivity contribution in [2.24, 2.45) is 7.05 Å². The number of nitrogens with one attached hydrogen (secondary N) is 1. The molecule has 0 radical (unpaired) electrons. The number of aromatic nitrogens is 3. The van der Waals surface area contributed by atoms with Gasteiger partial charge in [-0.15, -0.1) is 0 Å². The van der Waals surface area contributed by atoms with Gasteiger partial charge in [-0.1, -0.05) is 32.6 Å². The number of hydrogen-bond donors (Lipinski definition) is 1. The van der Waals surface area contributed by atoms with E-state index >= 15 is 0 Å². The fourth-order valence-electron chi connectivity index (χ4n) is 4.14. The molecule has 1 saturated carbocycles. The molecule has 3 rings (SSSR count). The summed E-state index contributed by atoms with van der Waals surface area (Å²) in [5.41, 5.74) is 0.226. The smallest absolute Gasteiger partial charge is 0.154 e. The van der Waals surface area contributed by atoms with Crippen molar-refractivity contribution in [3.63, 3.8) is 0 Å². The van der Waals surface area contributed by atoms with Crippen LogP contribution in [0.25, 0.3) is 0 Å². The van der Waals surface area contributed by atoms with Crippen LogP contribution in [0.4, 0.5) is 0 Å². The van der Waals surface area contributed by atoms with E-state index in [-0.39, 0.29) is 5.41 Å². The van der Waals surface area contributed by atoms with Gasteiger partial charge in [0.15, 0.2) is 5.82 Å². The molecule has 4 nitrogen and oxygen atoms in total.